The Kier molecular flexibility index (Phi) is 5.21. The van der Waals surface area contributed by atoms with Crippen molar-refractivity contribution in [2.45, 2.75) is 20.0 Å². The molecule has 1 heterocycles. The van der Waals surface area contributed by atoms with Crippen LogP contribution in [0, 0.1) is 5.82 Å². The molecular weight excluding hydrogens is 335 g/mol. The third-order valence-electron chi connectivity index (χ3n) is 4.44. The maximum atomic E-state index is 13.1. The Morgan fingerprint density at radius 2 is 1.92 bits per heavy atom. The lowest BCUT2D eigenvalue weighted by Gasteiger charge is -2.20. The molecule has 0 saturated heterocycles. The van der Waals surface area contributed by atoms with Gasteiger partial charge in [0.2, 0.25) is 5.91 Å². The van der Waals surface area contributed by atoms with E-state index in [4.69, 9.17) is 4.74 Å². The van der Waals surface area contributed by atoms with E-state index in [0.29, 0.717) is 31.8 Å². The maximum absolute atomic E-state index is 13.1. The molecule has 0 fully saturated rings. The van der Waals surface area contributed by atoms with E-state index < -0.39 is 0 Å². The van der Waals surface area contributed by atoms with E-state index in [1.165, 1.54) is 31.2 Å². The molecule has 0 atom stereocenters. The zero-order chi connectivity index (χ0) is 18.7. The van der Waals surface area contributed by atoms with Crippen LogP contribution in [0.4, 0.5) is 4.39 Å². The number of amides is 2. The fraction of sp³-hybridized carbons (Fsp3) is 0.300. The van der Waals surface area contributed by atoms with E-state index in [9.17, 15) is 14.0 Å². The van der Waals surface area contributed by atoms with E-state index in [1.807, 2.05) is 18.2 Å². The smallest absolute Gasteiger partial charge is 0.254 e. The number of benzene rings is 2. The predicted molar refractivity (Wildman–Crippen MR) is 95.2 cm³/mol. The Labute approximate surface area is 152 Å². The van der Waals surface area contributed by atoms with Crippen molar-refractivity contribution in [2.24, 2.45) is 0 Å². The van der Waals surface area contributed by atoms with Gasteiger partial charge in [-0.15, -0.1) is 0 Å². The lowest BCUT2D eigenvalue weighted by molar-refractivity contribution is -0.128. The molecule has 0 N–H and O–H groups in total. The number of carbonyl (C=O) groups excluding carboxylic acids is 2. The molecule has 136 valence electrons. The topological polar surface area (TPSA) is 49.9 Å². The van der Waals surface area contributed by atoms with Crippen molar-refractivity contribution in [3.8, 4) is 5.75 Å². The molecular formula is C20H21FN2O3. The summed E-state index contributed by atoms with van der Waals surface area (Å²) in [4.78, 5) is 27.5. The molecule has 0 saturated carbocycles. The van der Waals surface area contributed by atoms with Crippen molar-refractivity contribution in [1.82, 2.24) is 9.80 Å². The first-order valence-corrected chi connectivity index (χ1v) is 8.45. The molecule has 6 heteroatoms. The minimum absolute atomic E-state index is 0.00990. The highest BCUT2D eigenvalue weighted by molar-refractivity contribution is 5.94. The Morgan fingerprint density at radius 1 is 1.19 bits per heavy atom. The first kappa shape index (κ1) is 17.9. The number of halogens is 1. The summed E-state index contributed by atoms with van der Waals surface area (Å²) < 4.78 is 18.8. The van der Waals surface area contributed by atoms with Gasteiger partial charge >= 0.3 is 0 Å². The van der Waals surface area contributed by atoms with Crippen LogP contribution in [0.3, 0.4) is 0 Å². The van der Waals surface area contributed by atoms with Gasteiger partial charge in [0, 0.05) is 38.2 Å². The highest BCUT2D eigenvalue weighted by Crippen LogP contribution is 2.26. The van der Waals surface area contributed by atoms with E-state index in [1.54, 1.807) is 16.8 Å². The zero-order valence-corrected chi connectivity index (χ0v) is 14.9. The molecule has 0 aliphatic carbocycles. The first-order chi connectivity index (χ1) is 12.4. The molecule has 26 heavy (non-hydrogen) atoms. The molecule has 0 aromatic heterocycles. The van der Waals surface area contributed by atoms with Crippen molar-refractivity contribution in [3.05, 3.63) is 65.0 Å². The normalized spacial score (nSPS) is 13.4. The fourth-order valence-corrected chi connectivity index (χ4v) is 2.88. The van der Waals surface area contributed by atoms with Crippen LogP contribution in [0.1, 0.15) is 28.4 Å². The van der Waals surface area contributed by atoms with Gasteiger partial charge in [-0.3, -0.25) is 9.59 Å². The lowest BCUT2D eigenvalue weighted by Crippen LogP contribution is -2.32. The first-order valence-electron chi connectivity index (χ1n) is 8.45. The van der Waals surface area contributed by atoms with Crippen LogP contribution >= 0.6 is 0 Å². The van der Waals surface area contributed by atoms with E-state index in [0.717, 1.165) is 16.9 Å². The maximum Gasteiger partial charge on any atom is 0.254 e. The van der Waals surface area contributed by atoms with Crippen LogP contribution in [0.15, 0.2) is 42.5 Å². The summed E-state index contributed by atoms with van der Waals surface area (Å²) in [6, 6.07) is 11.3. The predicted octanol–water partition coefficient (Wildman–Crippen LogP) is 2.84. The summed E-state index contributed by atoms with van der Waals surface area (Å²) in [6.07, 6.45) is 0. The van der Waals surface area contributed by atoms with Crippen LogP contribution in [0.2, 0.25) is 0 Å². The summed E-state index contributed by atoms with van der Waals surface area (Å²) >= 11 is 0. The average Bonchev–Trinajstić information content (AvgIpc) is 2.83. The van der Waals surface area contributed by atoms with Crippen molar-refractivity contribution >= 4 is 11.8 Å². The standard InChI is InChI=1S/C20H21FN2O3/c1-14(24)22(2)12-15-3-8-19-17(11-15)13-23(9-10-26-19)20(25)16-4-6-18(21)7-5-16/h3-8,11H,9-10,12-13H2,1-2H3. The van der Waals surface area contributed by atoms with Crippen LogP contribution in [-0.2, 0) is 17.9 Å². The molecule has 3 rings (SSSR count). The van der Waals surface area contributed by atoms with Crippen LogP contribution < -0.4 is 4.74 Å². The minimum atomic E-state index is -0.370. The van der Waals surface area contributed by atoms with Gasteiger partial charge in [0.25, 0.3) is 5.91 Å². The Bertz CT molecular complexity index is 820. The quantitative estimate of drug-likeness (QED) is 0.850. The van der Waals surface area contributed by atoms with E-state index in [2.05, 4.69) is 0 Å². The number of hydrogen-bond acceptors (Lipinski definition) is 3. The van der Waals surface area contributed by atoms with Crippen LogP contribution in [0.5, 0.6) is 5.75 Å². The van der Waals surface area contributed by atoms with Gasteiger partial charge in [-0.05, 0) is 42.0 Å². The molecule has 1 aliphatic rings. The summed E-state index contributed by atoms with van der Waals surface area (Å²) in [5, 5.41) is 0. The van der Waals surface area contributed by atoms with E-state index in [-0.39, 0.29) is 17.6 Å². The van der Waals surface area contributed by atoms with Gasteiger partial charge in [-0.25, -0.2) is 4.39 Å². The van der Waals surface area contributed by atoms with Gasteiger partial charge in [-0.1, -0.05) is 6.07 Å². The second-order valence-electron chi connectivity index (χ2n) is 6.40. The number of ether oxygens (including phenoxy) is 1. The van der Waals surface area contributed by atoms with Crippen LogP contribution in [-0.4, -0.2) is 41.8 Å². The Hall–Kier alpha value is -2.89. The summed E-state index contributed by atoms with van der Waals surface area (Å²) in [7, 11) is 1.74. The fourth-order valence-electron chi connectivity index (χ4n) is 2.88. The average molecular weight is 356 g/mol. The molecule has 0 spiro atoms. The molecule has 1 aliphatic heterocycles. The third kappa shape index (κ3) is 4.02. The van der Waals surface area contributed by atoms with Crippen molar-refractivity contribution in [3.63, 3.8) is 0 Å². The lowest BCUT2D eigenvalue weighted by atomic mass is 10.1. The summed E-state index contributed by atoms with van der Waals surface area (Å²) in [6.45, 7) is 3.27. The highest BCUT2D eigenvalue weighted by atomic mass is 19.1. The van der Waals surface area contributed by atoms with Gasteiger partial charge in [0.15, 0.2) is 0 Å². The Balaban J connectivity index is 1.80. The SMILES string of the molecule is CC(=O)N(C)Cc1ccc2c(c1)CN(C(=O)c1ccc(F)cc1)CCO2. The molecule has 0 radical (unpaired) electrons. The molecule has 2 aromatic carbocycles. The summed E-state index contributed by atoms with van der Waals surface area (Å²) in [5.41, 5.74) is 2.32. The highest BCUT2D eigenvalue weighted by Gasteiger charge is 2.21. The molecule has 0 unspecified atom stereocenters. The van der Waals surface area contributed by atoms with Gasteiger partial charge in [-0.2, -0.15) is 0 Å². The van der Waals surface area contributed by atoms with Crippen molar-refractivity contribution < 1.29 is 18.7 Å². The van der Waals surface area contributed by atoms with Gasteiger partial charge in [0.05, 0.1) is 6.54 Å². The van der Waals surface area contributed by atoms with Crippen molar-refractivity contribution in [2.75, 3.05) is 20.2 Å². The molecule has 2 amide bonds. The van der Waals surface area contributed by atoms with Crippen molar-refractivity contribution in [1.29, 1.82) is 0 Å². The second-order valence-corrected chi connectivity index (χ2v) is 6.40. The third-order valence-corrected chi connectivity index (χ3v) is 4.44. The number of fused-ring (bicyclic) bond motifs is 1. The van der Waals surface area contributed by atoms with Crippen LogP contribution in [0.25, 0.3) is 0 Å². The van der Waals surface area contributed by atoms with Gasteiger partial charge < -0.3 is 14.5 Å². The largest absolute Gasteiger partial charge is 0.491 e. The number of hydrogen-bond donors (Lipinski definition) is 0. The molecule has 2 aromatic rings. The minimum Gasteiger partial charge on any atom is -0.491 e. The molecule has 0 bridgehead atoms. The zero-order valence-electron chi connectivity index (χ0n) is 14.9. The molecule has 5 nitrogen and oxygen atoms in total. The summed E-state index contributed by atoms with van der Waals surface area (Å²) in [5.74, 6) is 0.205. The van der Waals surface area contributed by atoms with Gasteiger partial charge in [0.1, 0.15) is 18.2 Å². The Morgan fingerprint density at radius 3 is 2.62 bits per heavy atom. The number of nitrogens with zero attached hydrogens (tertiary/aromatic N) is 2. The van der Waals surface area contributed by atoms with E-state index >= 15 is 0 Å². The second kappa shape index (κ2) is 7.56. The monoisotopic (exact) mass is 356 g/mol. The number of carbonyl (C=O) groups is 2. The number of rotatable bonds is 3.